The van der Waals surface area contributed by atoms with Gasteiger partial charge in [-0.25, -0.2) is 0 Å². The lowest BCUT2D eigenvalue weighted by atomic mass is 10.1. The molecule has 0 unspecified atom stereocenters. The Morgan fingerprint density at radius 2 is 1.67 bits per heavy atom. The standard InChI is InChI=1S/C18H22N2O/c1-5-20(16-9-12(2)8-13(3)10-16)18(21)17-11-15(19)7-6-14(17)4/h6-11H,5,19H2,1-4H3. The van der Waals surface area contributed by atoms with Gasteiger partial charge in [0, 0.05) is 23.5 Å². The van der Waals surface area contributed by atoms with Crippen molar-refractivity contribution in [2.24, 2.45) is 0 Å². The van der Waals surface area contributed by atoms with Crippen molar-refractivity contribution < 1.29 is 4.79 Å². The highest BCUT2D eigenvalue weighted by molar-refractivity contribution is 6.07. The van der Waals surface area contributed by atoms with Gasteiger partial charge in [-0.2, -0.15) is 0 Å². The number of rotatable bonds is 3. The molecule has 0 saturated carbocycles. The molecule has 0 atom stereocenters. The number of carbonyl (C=O) groups is 1. The van der Waals surface area contributed by atoms with Gasteiger partial charge in [-0.15, -0.1) is 0 Å². The van der Waals surface area contributed by atoms with E-state index in [2.05, 4.69) is 6.07 Å². The Morgan fingerprint density at radius 1 is 1.05 bits per heavy atom. The van der Waals surface area contributed by atoms with E-state index in [-0.39, 0.29) is 5.91 Å². The highest BCUT2D eigenvalue weighted by atomic mass is 16.2. The first kappa shape index (κ1) is 15.1. The molecule has 3 nitrogen and oxygen atoms in total. The van der Waals surface area contributed by atoms with Crippen molar-refractivity contribution >= 4 is 17.3 Å². The molecular weight excluding hydrogens is 260 g/mol. The molecule has 0 aliphatic rings. The average molecular weight is 282 g/mol. The summed E-state index contributed by atoms with van der Waals surface area (Å²) in [4.78, 5) is 14.6. The fraction of sp³-hybridized carbons (Fsp3) is 0.278. The lowest BCUT2D eigenvalue weighted by Crippen LogP contribution is -2.31. The van der Waals surface area contributed by atoms with Crippen LogP contribution in [0.2, 0.25) is 0 Å². The highest BCUT2D eigenvalue weighted by Crippen LogP contribution is 2.23. The summed E-state index contributed by atoms with van der Waals surface area (Å²) >= 11 is 0. The van der Waals surface area contributed by atoms with Gasteiger partial charge in [0.05, 0.1) is 0 Å². The van der Waals surface area contributed by atoms with E-state index in [1.807, 2.05) is 52.0 Å². The van der Waals surface area contributed by atoms with Gasteiger partial charge < -0.3 is 10.6 Å². The number of hydrogen-bond acceptors (Lipinski definition) is 2. The average Bonchev–Trinajstić information content (AvgIpc) is 2.41. The Kier molecular flexibility index (Phi) is 4.32. The summed E-state index contributed by atoms with van der Waals surface area (Å²) in [5, 5.41) is 0. The SMILES string of the molecule is CCN(C(=O)c1cc(N)ccc1C)c1cc(C)cc(C)c1. The number of carbonyl (C=O) groups excluding carboxylic acids is 1. The van der Waals surface area contributed by atoms with Gasteiger partial charge in [0.1, 0.15) is 0 Å². The van der Waals surface area contributed by atoms with Crippen LogP contribution in [0.1, 0.15) is 34.0 Å². The van der Waals surface area contributed by atoms with Crippen molar-refractivity contribution in [3.63, 3.8) is 0 Å². The molecule has 0 spiro atoms. The molecule has 0 radical (unpaired) electrons. The van der Waals surface area contributed by atoms with E-state index in [9.17, 15) is 4.79 Å². The Balaban J connectivity index is 2.45. The summed E-state index contributed by atoms with van der Waals surface area (Å²) in [6.07, 6.45) is 0. The van der Waals surface area contributed by atoms with E-state index in [0.717, 1.165) is 22.4 Å². The van der Waals surface area contributed by atoms with Crippen molar-refractivity contribution in [3.05, 3.63) is 58.7 Å². The van der Waals surface area contributed by atoms with E-state index >= 15 is 0 Å². The molecule has 3 heteroatoms. The van der Waals surface area contributed by atoms with Gasteiger partial charge in [-0.1, -0.05) is 12.1 Å². The predicted octanol–water partition coefficient (Wildman–Crippen LogP) is 3.86. The van der Waals surface area contributed by atoms with Crippen LogP contribution in [0.3, 0.4) is 0 Å². The monoisotopic (exact) mass is 282 g/mol. The Hall–Kier alpha value is -2.29. The predicted molar refractivity (Wildman–Crippen MR) is 88.9 cm³/mol. The molecule has 0 bridgehead atoms. The molecule has 0 heterocycles. The summed E-state index contributed by atoms with van der Waals surface area (Å²) in [7, 11) is 0. The molecule has 2 rings (SSSR count). The van der Waals surface area contributed by atoms with Crippen LogP contribution in [-0.2, 0) is 0 Å². The van der Waals surface area contributed by atoms with E-state index in [1.54, 1.807) is 11.0 Å². The molecule has 21 heavy (non-hydrogen) atoms. The molecule has 110 valence electrons. The number of nitrogens with two attached hydrogens (primary N) is 1. The van der Waals surface area contributed by atoms with E-state index in [1.165, 1.54) is 0 Å². The van der Waals surface area contributed by atoms with Crippen LogP contribution in [0, 0.1) is 20.8 Å². The highest BCUT2D eigenvalue weighted by Gasteiger charge is 2.18. The summed E-state index contributed by atoms with van der Waals surface area (Å²) < 4.78 is 0. The van der Waals surface area contributed by atoms with Crippen LogP contribution >= 0.6 is 0 Å². The van der Waals surface area contributed by atoms with Crippen LogP contribution < -0.4 is 10.6 Å². The van der Waals surface area contributed by atoms with E-state index in [0.29, 0.717) is 17.8 Å². The topological polar surface area (TPSA) is 46.3 Å². The minimum absolute atomic E-state index is 0.00713. The molecule has 2 aromatic rings. The van der Waals surface area contributed by atoms with Crippen LogP contribution in [0.25, 0.3) is 0 Å². The van der Waals surface area contributed by atoms with Crippen LogP contribution in [0.4, 0.5) is 11.4 Å². The zero-order valence-electron chi connectivity index (χ0n) is 13.1. The lowest BCUT2D eigenvalue weighted by Gasteiger charge is -2.23. The van der Waals surface area contributed by atoms with Gasteiger partial charge in [0.15, 0.2) is 0 Å². The Bertz CT molecular complexity index is 657. The zero-order chi connectivity index (χ0) is 15.6. The van der Waals surface area contributed by atoms with Gasteiger partial charge in [0.25, 0.3) is 5.91 Å². The summed E-state index contributed by atoms with van der Waals surface area (Å²) in [6.45, 7) is 8.62. The smallest absolute Gasteiger partial charge is 0.258 e. The Labute approximate surface area is 126 Å². The van der Waals surface area contributed by atoms with Crippen LogP contribution in [-0.4, -0.2) is 12.5 Å². The molecule has 0 aromatic heterocycles. The maximum Gasteiger partial charge on any atom is 0.258 e. The van der Waals surface area contributed by atoms with Gasteiger partial charge >= 0.3 is 0 Å². The number of amides is 1. The molecule has 0 fully saturated rings. The third-order valence-electron chi connectivity index (χ3n) is 3.57. The van der Waals surface area contributed by atoms with Gasteiger partial charge in [-0.05, 0) is 68.7 Å². The molecule has 1 amide bonds. The number of nitrogens with zero attached hydrogens (tertiary/aromatic N) is 1. The van der Waals surface area contributed by atoms with Crippen molar-refractivity contribution in [1.29, 1.82) is 0 Å². The number of anilines is 2. The van der Waals surface area contributed by atoms with Crippen molar-refractivity contribution in [3.8, 4) is 0 Å². The molecule has 0 saturated heterocycles. The molecule has 2 N–H and O–H groups in total. The summed E-state index contributed by atoms with van der Waals surface area (Å²) in [5.74, 6) is -0.00713. The van der Waals surface area contributed by atoms with Crippen molar-refractivity contribution in [1.82, 2.24) is 0 Å². The summed E-state index contributed by atoms with van der Waals surface area (Å²) in [6, 6.07) is 11.6. The first-order chi connectivity index (χ1) is 9.92. The van der Waals surface area contributed by atoms with Gasteiger partial charge in [0.2, 0.25) is 0 Å². The fourth-order valence-electron chi connectivity index (χ4n) is 2.57. The molecule has 0 aliphatic heterocycles. The molecule has 0 aliphatic carbocycles. The second-order valence-corrected chi connectivity index (χ2v) is 5.47. The number of hydrogen-bond donors (Lipinski definition) is 1. The third-order valence-corrected chi connectivity index (χ3v) is 3.57. The van der Waals surface area contributed by atoms with E-state index < -0.39 is 0 Å². The van der Waals surface area contributed by atoms with Gasteiger partial charge in [-0.3, -0.25) is 4.79 Å². The lowest BCUT2D eigenvalue weighted by molar-refractivity contribution is 0.0988. The maximum absolute atomic E-state index is 12.8. The molecule has 2 aromatic carbocycles. The summed E-state index contributed by atoms with van der Waals surface area (Å²) in [5.41, 5.74) is 11.3. The quantitative estimate of drug-likeness (QED) is 0.869. The largest absolute Gasteiger partial charge is 0.399 e. The van der Waals surface area contributed by atoms with Crippen molar-refractivity contribution in [2.45, 2.75) is 27.7 Å². The van der Waals surface area contributed by atoms with E-state index in [4.69, 9.17) is 5.73 Å². The molecular formula is C18H22N2O. The fourth-order valence-corrected chi connectivity index (χ4v) is 2.57. The third kappa shape index (κ3) is 3.24. The normalized spacial score (nSPS) is 10.5. The first-order valence-electron chi connectivity index (χ1n) is 7.18. The number of benzene rings is 2. The zero-order valence-corrected chi connectivity index (χ0v) is 13.1. The van der Waals surface area contributed by atoms with Crippen LogP contribution in [0.5, 0.6) is 0 Å². The minimum Gasteiger partial charge on any atom is -0.399 e. The Morgan fingerprint density at radius 3 is 2.24 bits per heavy atom. The second kappa shape index (κ2) is 6.00. The number of nitrogen functional groups attached to an aromatic ring is 1. The van der Waals surface area contributed by atoms with Crippen molar-refractivity contribution in [2.75, 3.05) is 17.2 Å². The number of aryl methyl sites for hydroxylation is 3. The first-order valence-corrected chi connectivity index (χ1v) is 7.18. The minimum atomic E-state index is -0.00713. The second-order valence-electron chi connectivity index (χ2n) is 5.47. The van der Waals surface area contributed by atoms with Crippen LogP contribution in [0.15, 0.2) is 36.4 Å². The maximum atomic E-state index is 12.8.